The van der Waals surface area contributed by atoms with Gasteiger partial charge in [0.25, 0.3) is 0 Å². The largest absolute Gasteiger partial charge is 0.292 e. The Balaban J connectivity index is 2.22. The van der Waals surface area contributed by atoms with Crippen LogP contribution < -0.4 is 0 Å². The average molecular weight is 289 g/mol. The number of thiophene rings is 1. The predicted molar refractivity (Wildman–Crippen MR) is 70.4 cm³/mol. The zero-order valence-corrected chi connectivity index (χ0v) is 11.7. The number of halogens is 2. The number of hydrogen-bond acceptors (Lipinski definition) is 3. The van der Waals surface area contributed by atoms with Gasteiger partial charge in [-0.05, 0) is 26.0 Å². The third-order valence-electron chi connectivity index (χ3n) is 2.35. The van der Waals surface area contributed by atoms with Crippen LogP contribution in [0.3, 0.4) is 0 Å². The second-order valence-electron chi connectivity index (χ2n) is 3.75. The van der Waals surface area contributed by atoms with E-state index in [0.717, 1.165) is 11.4 Å². The van der Waals surface area contributed by atoms with Crippen LogP contribution >= 0.6 is 34.5 Å². The fourth-order valence-corrected chi connectivity index (χ4v) is 3.09. The molecule has 3 nitrogen and oxygen atoms in total. The zero-order chi connectivity index (χ0) is 12.6. The molecule has 0 aliphatic carbocycles. The Kier molecular flexibility index (Phi) is 3.56. The maximum atomic E-state index is 12.0. The number of carbonyl (C=O) groups is 1. The highest BCUT2D eigenvalue weighted by Crippen LogP contribution is 2.31. The third kappa shape index (κ3) is 2.70. The lowest BCUT2D eigenvalue weighted by molar-refractivity contribution is 0.0967. The molecule has 0 aliphatic rings. The molecule has 90 valence electrons. The molecule has 0 fully saturated rings. The summed E-state index contributed by atoms with van der Waals surface area (Å²) in [7, 11) is 0. The van der Waals surface area contributed by atoms with E-state index in [4.69, 9.17) is 23.2 Å². The molecule has 0 saturated carbocycles. The van der Waals surface area contributed by atoms with E-state index < -0.39 is 0 Å². The molecule has 6 heteroatoms. The summed E-state index contributed by atoms with van der Waals surface area (Å²) in [6.45, 7) is 3.99. The summed E-state index contributed by atoms with van der Waals surface area (Å²) < 4.78 is 2.62. The molecule has 0 spiro atoms. The van der Waals surface area contributed by atoms with Gasteiger partial charge in [-0.25, -0.2) is 0 Å². The van der Waals surface area contributed by atoms with E-state index in [9.17, 15) is 4.79 Å². The Labute approximate surface area is 113 Å². The molecule has 0 aromatic carbocycles. The first kappa shape index (κ1) is 12.6. The van der Waals surface area contributed by atoms with Gasteiger partial charge in [0.15, 0.2) is 5.78 Å². The Bertz CT molecular complexity index is 574. The lowest BCUT2D eigenvalue weighted by Gasteiger charge is -2.02. The Morgan fingerprint density at radius 3 is 2.59 bits per heavy atom. The van der Waals surface area contributed by atoms with Crippen LogP contribution in [0.1, 0.15) is 21.7 Å². The van der Waals surface area contributed by atoms with Crippen LogP contribution in [0, 0.1) is 13.8 Å². The first-order chi connectivity index (χ1) is 7.97. The van der Waals surface area contributed by atoms with E-state index in [0.29, 0.717) is 14.2 Å². The van der Waals surface area contributed by atoms with Crippen molar-refractivity contribution >= 4 is 40.3 Å². The van der Waals surface area contributed by atoms with Crippen molar-refractivity contribution in [3.8, 4) is 0 Å². The summed E-state index contributed by atoms with van der Waals surface area (Å²) in [6.07, 6.45) is 0. The molecule has 2 heterocycles. The normalized spacial score (nSPS) is 10.8. The number of aryl methyl sites for hydroxylation is 2. The molecule has 0 aliphatic heterocycles. The van der Waals surface area contributed by atoms with Crippen LogP contribution in [0.25, 0.3) is 0 Å². The van der Waals surface area contributed by atoms with Crippen molar-refractivity contribution in [2.45, 2.75) is 20.4 Å². The molecule has 0 unspecified atom stereocenters. The molecule has 0 bridgehead atoms. The quantitative estimate of drug-likeness (QED) is 0.806. The summed E-state index contributed by atoms with van der Waals surface area (Å²) in [5, 5.41) is 4.24. The zero-order valence-electron chi connectivity index (χ0n) is 9.33. The van der Waals surface area contributed by atoms with Crippen LogP contribution in [0.5, 0.6) is 0 Å². The van der Waals surface area contributed by atoms with Crippen LogP contribution in [0.4, 0.5) is 0 Å². The van der Waals surface area contributed by atoms with E-state index in [2.05, 4.69) is 5.10 Å². The minimum absolute atomic E-state index is 0.0793. The molecule has 0 N–H and O–H groups in total. The molecule has 2 rings (SSSR count). The second kappa shape index (κ2) is 4.80. The molecule has 2 aromatic heterocycles. The maximum absolute atomic E-state index is 12.0. The average Bonchev–Trinajstić information content (AvgIpc) is 2.70. The number of carbonyl (C=O) groups excluding carboxylic acids is 1. The molecule has 0 atom stereocenters. The maximum Gasteiger partial charge on any atom is 0.186 e. The van der Waals surface area contributed by atoms with Crippen molar-refractivity contribution in [2.24, 2.45) is 0 Å². The van der Waals surface area contributed by atoms with Crippen molar-refractivity contribution in [3.63, 3.8) is 0 Å². The number of ketones is 1. The number of nitrogens with zero attached hydrogens (tertiary/aromatic N) is 2. The SMILES string of the molecule is Cc1cc(C)n(CC(=O)c2cc(Cl)sc2Cl)n1. The van der Waals surface area contributed by atoms with Gasteiger partial charge in [0.05, 0.1) is 15.6 Å². The highest BCUT2D eigenvalue weighted by atomic mass is 35.5. The molecule has 0 amide bonds. The lowest BCUT2D eigenvalue weighted by atomic mass is 10.2. The third-order valence-corrected chi connectivity index (χ3v) is 3.84. The Morgan fingerprint density at radius 1 is 1.41 bits per heavy atom. The van der Waals surface area contributed by atoms with E-state index in [1.165, 1.54) is 11.3 Å². The van der Waals surface area contributed by atoms with Gasteiger partial charge in [0, 0.05) is 5.69 Å². The first-order valence-corrected chi connectivity index (χ1v) is 6.53. The molecule has 0 radical (unpaired) electrons. The van der Waals surface area contributed by atoms with Gasteiger partial charge >= 0.3 is 0 Å². The summed E-state index contributed by atoms with van der Waals surface area (Å²) in [4.78, 5) is 12.0. The number of Topliss-reactive ketones (excluding diaryl/α,β-unsaturated/α-hetero) is 1. The van der Waals surface area contributed by atoms with Gasteiger partial charge in [-0.1, -0.05) is 23.2 Å². The van der Waals surface area contributed by atoms with Crippen LogP contribution in [0.2, 0.25) is 8.67 Å². The molecule has 0 saturated heterocycles. The minimum Gasteiger partial charge on any atom is -0.292 e. The van der Waals surface area contributed by atoms with Gasteiger partial charge in [0.2, 0.25) is 0 Å². The molecular formula is C11H10Cl2N2OS. The van der Waals surface area contributed by atoms with E-state index in [1.54, 1.807) is 10.7 Å². The molecule has 17 heavy (non-hydrogen) atoms. The van der Waals surface area contributed by atoms with Crippen LogP contribution in [-0.4, -0.2) is 15.6 Å². The Morgan fingerprint density at radius 2 is 2.12 bits per heavy atom. The van der Waals surface area contributed by atoms with Gasteiger partial charge in [-0.15, -0.1) is 11.3 Å². The Hall–Kier alpha value is -0.840. The van der Waals surface area contributed by atoms with Crippen molar-refractivity contribution in [1.29, 1.82) is 0 Å². The summed E-state index contributed by atoms with van der Waals surface area (Å²) >= 11 is 12.9. The van der Waals surface area contributed by atoms with Crippen LogP contribution in [-0.2, 0) is 6.54 Å². The first-order valence-electron chi connectivity index (χ1n) is 4.96. The van der Waals surface area contributed by atoms with Gasteiger partial charge in [0.1, 0.15) is 10.9 Å². The van der Waals surface area contributed by atoms with E-state index in [-0.39, 0.29) is 12.3 Å². The van der Waals surface area contributed by atoms with E-state index in [1.807, 2.05) is 19.9 Å². The standard InChI is InChI=1S/C11H10Cl2N2OS/c1-6-3-7(2)15(14-6)5-9(16)8-4-10(12)17-11(8)13/h3-4H,5H2,1-2H3. The summed E-state index contributed by atoms with van der Waals surface area (Å²) in [6, 6.07) is 3.53. The fraction of sp³-hybridized carbons (Fsp3) is 0.273. The predicted octanol–water partition coefficient (Wildman–Crippen LogP) is 3.75. The highest BCUT2D eigenvalue weighted by molar-refractivity contribution is 7.20. The van der Waals surface area contributed by atoms with Crippen molar-refractivity contribution < 1.29 is 4.79 Å². The van der Waals surface area contributed by atoms with Crippen molar-refractivity contribution in [3.05, 3.63) is 37.8 Å². The molecule has 2 aromatic rings. The smallest absolute Gasteiger partial charge is 0.186 e. The number of rotatable bonds is 3. The van der Waals surface area contributed by atoms with Crippen molar-refractivity contribution in [1.82, 2.24) is 9.78 Å². The van der Waals surface area contributed by atoms with Gasteiger partial charge in [-0.3, -0.25) is 9.48 Å². The fourth-order valence-electron chi connectivity index (χ4n) is 1.59. The number of hydrogen-bond donors (Lipinski definition) is 0. The topological polar surface area (TPSA) is 34.9 Å². The van der Waals surface area contributed by atoms with Crippen molar-refractivity contribution in [2.75, 3.05) is 0 Å². The van der Waals surface area contributed by atoms with Gasteiger partial charge in [-0.2, -0.15) is 5.10 Å². The highest BCUT2D eigenvalue weighted by Gasteiger charge is 2.15. The lowest BCUT2D eigenvalue weighted by Crippen LogP contribution is -2.12. The second-order valence-corrected chi connectivity index (χ2v) is 6.03. The van der Waals surface area contributed by atoms with Gasteiger partial charge < -0.3 is 0 Å². The molecular weight excluding hydrogens is 279 g/mol. The monoisotopic (exact) mass is 288 g/mol. The van der Waals surface area contributed by atoms with E-state index >= 15 is 0 Å². The van der Waals surface area contributed by atoms with Crippen LogP contribution in [0.15, 0.2) is 12.1 Å². The number of aromatic nitrogens is 2. The minimum atomic E-state index is -0.0793. The summed E-state index contributed by atoms with van der Waals surface area (Å²) in [5.41, 5.74) is 2.31. The summed E-state index contributed by atoms with van der Waals surface area (Å²) in [5.74, 6) is -0.0793.